The van der Waals surface area contributed by atoms with Crippen LogP contribution in [0.5, 0.6) is 11.5 Å². The Bertz CT molecular complexity index is 1890. The number of piperidine rings is 2. The lowest BCUT2D eigenvalue weighted by Gasteiger charge is -2.33. The molecule has 0 bridgehead atoms. The maximum atomic E-state index is 12.8. The van der Waals surface area contributed by atoms with Crippen LogP contribution in [0.3, 0.4) is 0 Å². The number of nitrogens with two attached hydrogens (primary N) is 2. The quantitative estimate of drug-likeness (QED) is 0.148. The highest BCUT2D eigenvalue weighted by Crippen LogP contribution is 2.25. The van der Waals surface area contributed by atoms with E-state index in [1.165, 1.54) is 26.6 Å². The summed E-state index contributed by atoms with van der Waals surface area (Å²) in [6.45, 7) is 3.26. The van der Waals surface area contributed by atoms with Gasteiger partial charge in [0.1, 0.15) is 23.1 Å². The van der Waals surface area contributed by atoms with Crippen molar-refractivity contribution in [1.29, 1.82) is 0 Å². The van der Waals surface area contributed by atoms with E-state index in [4.69, 9.17) is 20.9 Å². The molecule has 2 aromatic carbocycles. The molecule has 6 rings (SSSR count). The first-order valence-electron chi connectivity index (χ1n) is 17.4. The average Bonchev–Trinajstić information content (AvgIpc) is 3.18. The van der Waals surface area contributed by atoms with Crippen LogP contribution < -0.4 is 36.9 Å². The zero-order valence-electron chi connectivity index (χ0n) is 30.5. The van der Waals surface area contributed by atoms with Crippen LogP contribution in [0.2, 0.25) is 0 Å². The molecule has 280 valence electrons. The highest BCUT2D eigenvalue weighted by molar-refractivity contribution is 6.13. The molecule has 2 aliphatic rings. The molecule has 2 saturated heterocycles. The normalized spacial score (nSPS) is 14.7. The molecule has 0 aliphatic carbocycles. The third-order valence-electron chi connectivity index (χ3n) is 8.98. The van der Waals surface area contributed by atoms with E-state index < -0.39 is 0 Å². The maximum Gasteiger partial charge on any atom is 0.319 e. The lowest BCUT2D eigenvalue weighted by molar-refractivity contribution is 0.102. The van der Waals surface area contributed by atoms with Gasteiger partial charge in [0.05, 0.1) is 36.5 Å². The van der Waals surface area contributed by atoms with Crippen LogP contribution in [0.4, 0.5) is 28.3 Å². The Balaban J connectivity index is 0.000000208. The van der Waals surface area contributed by atoms with Gasteiger partial charge in [-0.1, -0.05) is 24.3 Å². The second-order valence-corrected chi connectivity index (χ2v) is 12.8. The Kier molecular flexibility index (Phi) is 12.9. The lowest BCUT2D eigenvalue weighted by atomic mass is 10.0. The molecule has 0 saturated carbocycles. The Morgan fingerprint density at radius 3 is 1.57 bits per heavy atom. The van der Waals surface area contributed by atoms with Gasteiger partial charge in [-0.15, -0.1) is 0 Å². The zero-order chi connectivity index (χ0) is 37.9. The van der Waals surface area contributed by atoms with Gasteiger partial charge >= 0.3 is 6.03 Å². The molecule has 16 heteroatoms. The number of para-hydroxylation sites is 2. The number of urea groups is 1. The number of rotatable bonds is 10. The van der Waals surface area contributed by atoms with E-state index in [-0.39, 0.29) is 46.4 Å². The summed E-state index contributed by atoms with van der Waals surface area (Å²) in [7, 11) is 6.53. The van der Waals surface area contributed by atoms with Crippen LogP contribution in [0, 0.1) is 0 Å². The van der Waals surface area contributed by atoms with Crippen molar-refractivity contribution in [3.05, 3.63) is 83.2 Å². The molecule has 53 heavy (non-hydrogen) atoms. The van der Waals surface area contributed by atoms with Crippen molar-refractivity contribution in [2.45, 2.75) is 37.8 Å². The van der Waals surface area contributed by atoms with Crippen molar-refractivity contribution in [1.82, 2.24) is 35.1 Å². The van der Waals surface area contributed by atoms with Crippen LogP contribution >= 0.6 is 0 Å². The van der Waals surface area contributed by atoms with Crippen molar-refractivity contribution >= 4 is 41.1 Å². The molecule has 16 nitrogen and oxygen atoms in total. The molecule has 2 fully saturated rings. The standard InChI is InChI=1S/C20H26N6O3.C17H21N5O2/c1-25(2)20(28)26-10-8-13(9-11-26)23-19-22-12-15(18(21)24-19)17(27)14-6-4-5-7-16(14)29-3;1-24-14-5-3-2-4-12(14)15(23)13-10-20-17(22-16(13)18)21-11-6-8-19-9-7-11/h4-7,12-13H,8-11H2,1-3H3,(H3,21,22,23,24);2-5,10-11,19H,6-9H2,1H3,(H3,18,20,21,22). The first-order chi connectivity index (χ1) is 25.6. The summed E-state index contributed by atoms with van der Waals surface area (Å²) in [5.41, 5.74) is 13.4. The number of benzene rings is 2. The van der Waals surface area contributed by atoms with Crippen molar-refractivity contribution in [2.75, 3.05) is 76.6 Å². The molecule has 0 atom stereocenters. The maximum absolute atomic E-state index is 12.8. The molecular weight excluding hydrogens is 678 g/mol. The van der Waals surface area contributed by atoms with Crippen molar-refractivity contribution < 1.29 is 23.9 Å². The number of nitrogens with zero attached hydrogens (tertiary/aromatic N) is 6. The Morgan fingerprint density at radius 1 is 0.717 bits per heavy atom. The van der Waals surface area contributed by atoms with Crippen LogP contribution in [0.15, 0.2) is 60.9 Å². The molecule has 0 spiro atoms. The summed E-state index contributed by atoms with van der Waals surface area (Å²) >= 11 is 0. The van der Waals surface area contributed by atoms with Crippen LogP contribution in [0.1, 0.15) is 57.5 Å². The number of carbonyl (C=O) groups excluding carboxylic acids is 3. The molecule has 2 aliphatic heterocycles. The minimum atomic E-state index is -0.290. The fourth-order valence-corrected chi connectivity index (χ4v) is 6.06. The highest BCUT2D eigenvalue weighted by atomic mass is 16.5. The Labute approximate surface area is 308 Å². The van der Waals surface area contributed by atoms with Crippen molar-refractivity contribution in [2.24, 2.45) is 0 Å². The predicted octanol–water partition coefficient (Wildman–Crippen LogP) is 3.32. The summed E-state index contributed by atoms with van der Waals surface area (Å²) < 4.78 is 10.5. The minimum Gasteiger partial charge on any atom is -0.496 e. The fraction of sp³-hybridized carbons (Fsp3) is 0.378. The number of carbonyl (C=O) groups is 3. The largest absolute Gasteiger partial charge is 0.496 e. The smallest absolute Gasteiger partial charge is 0.319 e. The second-order valence-electron chi connectivity index (χ2n) is 12.8. The number of anilines is 4. The highest BCUT2D eigenvalue weighted by Gasteiger charge is 2.25. The number of ether oxygens (including phenoxy) is 2. The number of nitrogen functional groups attached to an aromatic ring is 2. The van der Waals surface area contributed by atoms with Gasteiger partial charge in [-0.2, -0.15) is 9.97 Å². The van der Waals surface area contributed by atoms with E-state index in [0.717, 1.165) is 38.8 Å². The number of nitrogens with one attached hydrogen (secondary N) is 3. The number of aromatic nitrogens is 4. The number of methoxy groups -OCH3 is 2. The van der Waals surface area contributed by atoms with Gasteiger partial charge in [-0.25, -0.2) is 14.8 Å². The van der Waals surface area contributed by atoms with Gasteiger partial charge in [0, 0.05) is 51.7 Å². The summed E-state index contributed by atoms with van der Waals surface area (Å²) in [6, 6.07) is 14.4. The molecular formula is C37H47N11O5. The SMILES string of the molecule is COc1ccccc1C(=O)c1cnc(NC2CCN(C(=O)N(C)C)CC2)nc1N.COc1ccccc1C(=O)c1cnc(NC2CCNCC2)nc1N. The minimum absolute atomic E-state index is 0.0168. The fourth-order valence-electron chi connectivity index (χ4n) is 6.06. The van der Waals surface area contributed by atoms with Gasteiger partial charge in [-0.05, 0) is 63.0 Å². The number of hydrogen-bond acceptors (Lipinski definition) is 14. The summed E-state index contributed by atoms with van der Waals surface area (Å²) in [6.07, 6.45) is 6.48. The number of amides is 2. The first kappa shape index (κ1) is 38.2. The molecule has 7 N–H and O–H groups in total. The molecule has 4 aromatic rings. The van der Waals surface area contributed by atoms with E-state index in [2.05, 4.69) is 35.9 Å². The van der Waals surface area contributed by atoms with E-state index >= 15 is 0 Å². The summed E-state index contributed by atoms with van der Waals surface area (Å²) in [4.78, 5) is 57.9. The molecule has 2 aromatic heterocycles. The van der Waals surface area contributed by atoms with Gasteiger partial charge in [0.15, 0.2) is 0 Å². The Hall–Kier alpha value is -6.03. The van der Waals surface area contributed by atoms with Crippen molar-refractivity contribution in [3.63, 3.8) is 0 Å². The first-order valence-corrected chi connectivity index (χ1v) is 17.4. The zero-order valence-corrected chi connectivity index (χ0v) is 30.5. The van der Waals surface area contributed by atoms with Crippen LogP contribution in [0.25, 0.3) is 0 Å². The summed E-state index contributed by atoms with van der Waals surface area (Å²) in [5.74, 6) is 1.53. The molecule has 4 heterocycles. The second kappa shape index (κ2) is 17.9. The molecule has 2 amide bonds. The average molecular weight is 726 g/mol. The third-order valence-corrected chi connectivity index (χ3v) is 8.98. The molecule has 0 unspecified atom stereocenters. The van der Waals surface area contributed by atoms with Gasteiger partial charge in [0.2, 0.25) is 23.5 Å². The van der Waals surface area contributed by atoms with E-state index in [9.17, 15) is 14.4 Å². The number of ketones is 2. The third kappa shape index (κ3) is 9.65. The number of hydrogen-bond donors (Lipinski definition) is 5. The van der Waals surface area contributed by atoms with Crippen molar-refractivity contribution in [3.8, 4) is 11.5 Å². The summed E-state index contributed by atoms with van der Waals surface area (Å²) in [5, 5.41) is 9.82. The van der Waals surface area contributed by atoms with Gasteiger partial charge < -0.3 is 46.7 Å². The van der Waals surface area contributed by atoms with E-state index in [1.54, 1.807) is 61.5 Å². The monoisotopic (exact) mass is 725 g/mol. The van der Waals surface area contributed by atoms with Crippen LogP contribution in [-0.2, 0) is 0 Å². The lowest BCUT2D eigenvalue weighted by Crippen LogP contribution is -2.46. The van der Waals surface area contributed by atoms with Gasteiger partial charge in [0.25, 0.3) is 0 Å². The van der Waals surface area contributed by atoms with Crippen LogP contribution in [-0.4, -0.2) is 114 Å². The topological polar surface area (TPSA) is 216 Å². The Morgan fingerprint density at radius 2 is 1.15 bits per heavy atom. The predicted molar refractivity (Wildman–Crippen MR) is 203 cm³/mol. The van der Waals surface area contributed by atoms with E-state index in [0.29, 0.717) is 53.7 Å². The molecule has 0 radical (unpaired) electrons. The van der Waals surface area contributed by atoms with E-state index in [1.807, 2.05) is 11.0 Å². The number of likely N-dealkylation sites (tertiary alicyclic amines) is 1. The van der Waals surface area contributed by atoms with Gasteiger partial charge in [-0.3, -0.25) is 9.59 Å².